The molecule has 1 aliphatic rings. The molecular formula is C27H20BrClN2O5S2. The number of carbonyl (C=O) groups excluding carboxylic acids is 1. The largest absolute Gasteiger partial charge is 0.496 e. The zero-order chi connectivity index (χ0) is 27.0. The molecule has 3 heterocycles. The lowest BCUT2D eigenvalue weighted by atomic mass is 9.95. The number of nitrogens with zero attached hydrogens (tertiary/aromatic N) is 2. The highest BCUT2D eigenvalue weighted by Gasteiger charge is 2.35. The number of ether oxygens (including phenoxy) is 2. The first kappa shape index (κ1) is 26.6. The molecule has 0 saturated heterocycles. The minimum Gasteiger partial charge on any atom is -0.496 e. The number of aromatic nitrogens is 1. The van der Waals surface area contributed by atoms with Gasteiger partial charge >= 0.3 is 5.97 Å². The van der Waals surface area contributed by atoms with Crippen molar-refractivity contribution in [2.75, 3.05) is 14.2 Å². The van der Waals surface area contributed by atoms with Gasteiger partial charge in [-0.05, 0) is 59.3 Å². The first-order valence-electron chi connectivity index (χ1n) is 11.3. The average molecular weight is 632 g/mol. The summed E-state index contributed by atoms with van der Waals surface area (Å²) in [6.45, 7) is 1.71. The van der Waals surface area contributed by atoms with Crippen LogP contribution in [0.5, 0.6) is 5.75 Å². The lowest BCUT2D eigenvalue weighted by Crippen LogP contribution is -2.40. The zero-order valence-corrected chi connectivity index (χ0v) is 24.3. The van der Waals surface area contributed by atoms with Gasteiger partial charge in [-0.2, -0.15) is 0 Å². The monoisotopic (exact) mass is 630 g/mol. The third-order valence-electron chi connectivity index (χ3n) is 5.81. The first-order chi connectivity index (χ1) is 18.3. The third-order valence-corrected chi connectivity index (χ3v) is 8.88. The van der Waals surface area contributed by atoms with Crippen LogP contribution < -0.4 is 19.6 Å². The molecule has 0 fully saturated rings. The van der Waals surface area contributed by atoms with E-state index in [0.717, 1.165) is 9.37 Å². The van der Waals surface area contributed by atoms with Gasteiger partial charge in [-0.25, -0.2) is 9.79 Å². The van der Waals surface area contributed by atoms with E-state index in [1.54, 1.807) is 31.2 Å². The molecule has 0 radical (unpaired) electrons. The summed E-state index contributed by atoms with van der Waals surface area (Å²) in [4.78, 5) is 32.7. The number of hydrogen-bond acceptors (Lipinski definition) is 8. The molecule has 0 aliphatic carbocycles. The summed E-state index contributed by atoms with van der Waals surface area (Å²) in [5.41, 5.74) is 0.886. The minimum atomic E-state index is -0.845. The molecule has 2 aromatic carbocycles. The van der Waals surface area contributed by atoms with E-state index in [2.05, 4.69) is 20.9 Å². The van der Waals surface area contributed by atoms with Gasteiger partial charge < -0.3 is 13.9 Å². The van der Waals surface area contributed by atoms with Crippen molar-refractivity contribution in [1.82, 2.24) is 4.57 Å². The van der Waals surface area contributed by atoms with E-state index in [-0.39, 0.29) is 11.1 Å². The number of fused-ring (bicyclic) bond motifs is 1. The fourth-order valence-corrected chi connectivity index (χ4v) is 6.70. The van der Waals surface area contributed by atoms with Crippen molar-refractivity contribution >= 4 is 62.7 Å². The molecule has 0 bridgehead atoms. The molecule has 1 atom stereocenters. The van der Waals surface area contributed by atoms with E-state index < -0.39 is 12.0 Å². The standard InChI is InChI=1S/C27H20BrClN2O5S2/c1-14-22(25(33)35-3)23(18-11-15(29)9-10-20(18)34-2)31-24(32)21(38-27(31)30-14)13-16-12-19(28)26(36-16)37-17-7-5-4-6-8-17/h4-13,23H,1-3H3/b21-13-/t23-/m0/s1. The predicted molar refractivity (Wildman–Crippen MR) is 151 cm³/mol. The maximum atomic E-state index is 13.8. The Morgan fingerprint density at radius 3 is 2.68 bits per heavy atom. The van der Waals surface area contributed by atoms with Crippen LogP contribution in [-0.2, 0) is 9.53 Å². The van der Waals surface area contributed by atoms with Gasteiger partial charge in [-0.1, -0.05) is 52.9 Å². The zero-order valence-electron chi connectivity index (χ0n) is 20.4. The molecule has 11 heteroatoms. The third kappa shape index (κ3) is 5.01. The van der Waals surface area contributed by atoms with Crippen molar-refractivity contribution in [2.24, 2.45) is 4.99 Å². The number of hydrogen-bond donors (Lipinski definition) is 0. The Morgan fingerprint density at radius 1 is 1.21 bits per heavy atom. The van der Waals surface area contributed by atoms with Crippen LogP contribution in [0, 0.1) is 0 Å². The number of halogens is 2. The van der Waals surface area contributed by atoms with E-state index in [1.165, 1.54) is 41.9 Å². The van der Waals surface area contributed by atoms with Crippen LogP contribution in [0.4, 0.5) is 0 Å². The SMILES string of the molecule is COC(=O)C1=C(C)N=c2s/c(=C\c3cc(Br)c(Sc4ccccc4)o3)c(=O)n2[C@H]1c1cc(Cl)ccc1OC. The van der Waals surface area contributed by atoms with Crippen molar-refractivity contribution in [3.8, 4) is 5.75 Å². The van der Waals surface area contributed by atoms with Gasteiger partial charge in [0.25, 0.3) is 5.56 Å². The second-order valence-corrected chi connectivity index (χ2v) is 11.5. The van der Waals surface area contributed by atoms with Gasteiger partial charge in [0.1, 0.15) is 17.6 Å². The number of benzene rings is 2. The molecule has 2 aromatic heterocycles. The van der Waals surface area contributed by atoms with Gasteiger partial charge in [-0.3, -0.25) is 9.36 Å². The van der Waals surface area contributed by atoms with Crippen LogP contribution in [0.3, 0.4) is 0 Å². The van der Waals surface area contributed by atoms with Gasteiger partial charge in [0.15, 0.2) is 9.89 Å². The second-order valence-electron chi connectivity index (χ2n) is 8.16. The van der Waals surface area contributed by atoms with E-state index in [9.17, 15) is 9.59 Å². The first-order valence-corrected chi connectivity index (χ1v) is 14.1. The van der Waals surface area contributed by atoms with E-state index in [1.807, 2.05) is 36.4 Å². The maximum absolute atomic E-state index is 13.8. The molecule has 4 aromatic rings. The highest BCUT2D eigenvalue weighted by atomic mass is 79.9. The molecule has 0 N–H and O–H groups in total. The van der Waals surface area contributed by atoms with Crippen LogP contribution >= 0.6 is 50.6 Å². The number of esters is 1. The fourth-order valence-electron chi connectivity index (χ4n) is 4.14. The molecule has 194 valence electrons. The summed E-state index contributed by atoms with van der Waals surface area (Å²) in [7, 11) is 2.81. The van der Waals surface area contributed by atoms with Crippen molar-refractivity contribution in [3.63, 3.8) is 0 Å². The molecule has 0 saturated carbocycles. The number of rotatable bonds is 6. The van der Waals surface area contributed by atoms with E-state index in [4.69, 9.17) is 25.5 Å². The van der Waals surface area contributed by atoms with Crippen LogP contribution in [-0.4, -0.2) is 24.8 Å². The normalized spacial score (nSPS) is 15.3. The van der Waals surface area contributed by atoms with E-state index >= 15 is 0 Å². The smallest absolute Gasteiger partial charge is 0.338 e. The number of allylic oxidation sites excluding steroid dienone is 1. The number of thiazole rings is 1. The molecular weight excluding hydrogens is 612 g/mol. The van der Waals surface area contributed by atoms with Crippen LogP contribution in [0.25, 0.3) is 6.08 Å². The van der Waals surface area contributed by atoms with Crippen LogP contribution in [0.1, 0.15) is 24.3 Å². The Labute approximate surface area is 239 Å². The van der Waals surface area contributed by atoms with Gasteiger partial charge in [-0.15, -0.1) is 0 Å². The lowest BCUT2D eigenvalue weighted by molar-refractivity contribution is -0.136. The van der Waals surface area contributed by atoms with Crippen molar-refractivity contribution in [1.29, 1.82) is 0 Å². The Hall–Kier alpha value is -3.05. The van der Waals surface area contributed by atoms with Crippen molar-refractivity contribution in [3.05, 3.63) is 106 Å². The molecule has 1 aliphatic heterocycles. The fraction of sp³-hybridized carbons (Fsp3) is 0.148. The maximum Gasteiger partial charge on any atom is 0.338 e. The Bertz CT molecular complexity index is 1760. The lowest BCUT2D eigenvalue weighted by Gasteiger charge is -2.25. The van der Waals surface area contributed by atoms with Gasteiger partial charge in [0, 0.05) is 21.6 Å². The predicted octanol–water partition coefficient (Wildman–Crippen LogP) is 5.58. The highest BCUT2D eigenvalue weighted by molar-refractivity contribution is 9.10. The van der Waals surface area contributed by atoms with Crippen LogP contribution in [0.2, 0.25) is 5.02 Å². The number of methoxy groups -OCH3 is 2. The Morgan fingerprint density at radius 2 is 1.97 bits per heavy atom. The second kappa shape index (κ2) is 11.0. The summed E-state index contributed by atoms with van der Waals surface area (Å²) < 4.78 is 19.3. The summed E-state index contributed by atoms with van der Waals surface area (Å²) in [5.74, 6) is 0.383. The topological polar surface area (TPSA) is 83.0 Å². The average Bonchev–Trinajstić information content (AvgIpc) is 3.41. The Kier molecular flexibility index (Phi) is 7.67. The summed E-state index contributed by atoms with van der Waals surface area (Å²) >= 11 is 12.5. The molecule has 0 spiro atoms. The quantitative estimate of drug-likeness (QED) is 0.259. The van der Waals surface area contributed by atoms with Crippen molar-refractivity contribution < 1.29 is 18.7 Å². The van der Waals surface area contributed by atoms with Crippen molar-refractivity contribution in [2.45, 2.75) is 23.0 Å². The number of furan rings is 1. The Balaban J connectivity index is 1.66. The molecule has 0 unspecified atom stereocenters. The molecule has 5 rings (SSSR count). The summed E-state index contributed by atoms with van der Waals surface area (Å²) in [6.07, 6.45) is 1.67. The van der Waals surface area contributed by atoms with Crippen LogP contribution in [0.15, 0.2) is 94.5 Å². The highest BCUT2D eigenvalue weighted by Crippen LogP contribution is 2.38. The van der Waals surface area contributed by atoms with Gasteiger partial charge in [0.2, 0.25) is 0 Å². The molecule has 7 nitrogen and oxygen atoms in total. The number of carbonyl (C=O) groups is 1. The summed E-state index contributed by atoms with van der Waals surface area (Å²) in [5, 5.41) is 1.10. The molecule has 38 heavy (non-hydrogen) atoms. The van der Waals surface area contributed by atoms with E-state index in [0.29, 0.717) is 42.2 Å². The van der Waals surface area contributed by atoms with Gasteiger partial charge in [0.05, 0.1) is 34.5 Å². The summed E-state index contributed by atoms with van der Waals surface area (Å²) in [6, 6.07) is 15.9. The minimum absolute atomic E-state index is 0.231. The molecule has 0 amide bonds.